The third kappa shape index (κ3) is 4.60. The Bertz CT molecular complexity index is 509. The van der Waals surface area contributed by atoms with Gasteiger partial charge in [0.15, 0.2) is 0 Å². The molecule has 0 amide bonds. The van der Waals surface area contributed by atoms with Gasteiger partial charge in [-0.25, -0.2) is 0 Å². The summed E-state index contributed by atoms with van der Waals surface area (Å²) in [5.41, 5.74) is 7.30. The van der Waals surface area contributed by atoms with Crippen LogP contribution in [0.25, 0.3) is 0 Å². The number of likely N-dealkylation sites (N-methyl/N-ethyl adjacent to an activating group) is 1. The summed E-state index contributed by atoms with van der Waals surface area (Å²) in [4.78, 5) is 4.93. The second-order valence-electron chi connectivity index (χ2n) is 6.67. The van der Waals surface area contributed by atoms with E-state index in [1.165, 1.54) is 5.56 Å². The van der Waals surface area contributed by atoms with Crippen molar-refractivity contribution in [1.29, 1.82) is 0 Å². The largest absolute Gasteiger partial charge is 0.489 e. The third-order valence-corrected chi connectivity index (χ3v) is 4.82. The molecule has 0 aromatic heterocycles. The fourth-order valence-electron chi connectivity index (χ4n) is 3.34. The Morgan fingerprint density at radius 3 is 2.65 bits per heavy atom. The van der Waals surface area contributed by atoms with E-state index in [0.717, 1.165) is 31.8 Å². The highest BCUT2D eigenvalue weighted by atomic mass is 35.5. The van der Waals surface area contributed by atoms with Gasteiger partial charge in [-0.15, -0.1) is 0 Å². The van der Waals surface area contributed by atoms with Crippen LogP contribution in [0.4, 0.5) is 0 Å². The summed E-state index contributed by atoms with van der Waals surface area (Å²) in [5, 5.41) is 0.664. The molecule has 130 valence electrons. The number of nitrogens with zero attached hydrogens (tertiary/aromatic N) is 2. The molecule has 0 spiro atoms. The van der Waals surface area contributed by atoms with Gasteiger partial charge in [0.2, 0.25) is 0 Å². The van der Waals surface area contributed by atoms with Crippen LogP contribution in [-0.4, -0.2) is 55.2 Å². The minimum absolute atomic E-state index is 0.116. The van der Waals surface area contributed by atoms with E-state index in [0.29, 0.717) is 17.6 Å². The highest BCUT2D eigenvalue weighted by Crippen LogP contribution is 2.32. The van der Waals surface area contributed by atoms with Crippen LogP contribution >= 0.6 is 11.6 Å². The van der Waals surface area contributed by atoms with E-state index in [2.05, 4.69) is 29.8 Å². The Hall–Kier alpha value is -0.810. The molecule has 1 aliphatic rings. The van der Waals surface area contributed by atoms with E-state index in [1.54, 1.807) is 0 Å². The zero-order valence-electron chi connectivity index (χ0n) is 14.8. The van der Waals surface area contributed by atoms with Crippen molar-refractivity contribution in [3.8, 4) is 5.75 Å². The predicted molar refractivity (Wildman–Crippen MR) is 97.3 cm³/mol. The summed E-state index contributed by atoms with van der Waals surface area (Å²) >= 11 is 6.41. The third-order valence-electron chi connectivity index (χ3n) is 4.53. The Balaban J connectivity index is 2.21. The lowest BCUT2D eigenvalue weighted by atomic mass is 10.00. The second kappa shape index (κ2) is 8.34. The molecule has 0 aliphatic carbocycles. The topological polar surface area (TPSA) is 41.7 Å². The standard InChI is InChI=1S/C18H30ClN3O/c1-5-15-12-21(4)8-9-22(15)17(11-20)14-6-7-18(16(19)10-14)23-13(2)3/h6-7,10,13,15,17H,5,8-9,11-12,20H2,1-4H3. The molecule has 1 aromatic carbocycles. The number of piperazine rings is 1. The van der Waals surface area contributed by atoms with E-state index in [1.807, 2.05) is 26.0 Å². The molecule has 0 bridgehead atoms. The summed E-state index contributed by atoms with van der Waals surface area (Å²) < 4.78 is 5.73. The van der Waals surface area contributed by atoms with Gasteiger partial charge in [0.05, 0.1) is 11.1 Å². The Kier molecular flexibility index (Phi) is 6.72. The highest BCUT2D eigenvalue weighted by Gasteiger charge is 2.30. The first-order chi connectivity index (χ1) is 11.0. The number of benzene rings is 1. The zero-order valence-corrected chi connectivity index (χ0v) is 15.5. The van der Waals surface area contributed by atoms with Crippen molar-refractivity contribution >= 4 is 11.6 Å². The number of hydrogen-bond donors (Lipinski definition) is 1. The number of halogens is 1. The van der Waals surface area contributed by atoms with Crippen molar-refractivity contribution < 1.29 is 4.74 Å². The molecule has 23 heavy (non-hydrogen) atoms. The average Bonchev–Trinajstić information content (AvgIpc) is 2.51. The monoisotopic (exact) mass is 339 g/mol. The molecule has 2 unspecified atom stereocenters. The highest BCUT2D eigenvalue weighted by molar-refractivity contribution is 6.32. The molecule has 2 N–H and O–H groups in total. The van der Waals surface area contributed by atoms with Gasteiger partial charge in [0.1, 0.15) is 5.75 Å². The van der Waals surface area contributed by atoms with Crippen molar-refractivity contribution in [2.75, 3.05) is 33.2 Å². The molecule has 1 fully saturated rings. The molecule has 2 atom stereocenters. The molecule has 1 heterocycles. The van der Waals surface area contributed by atoms with Crippen LogP contribution in [0.2, 0.25) is 5.02 Å². The zero-order chi connectivity index (χ0) is 17.0. The minimum Gasteiger partial charge on any atom is -0.489 e. The lowest BCUT2D eigenvalue weighted by Crippen LogP contribution is -2.53. The Labute approximate surface area is 145 Å². The van der Waals surface area contributed by atoms with Crippen molar-refractivity contribution in [2.45, 2.75) is 45.4 Å². The maximum Gasteiger partial charge on any atom is 0.138 e. The van der Waals surface area contributed by atoms with Gasteiger partial charge < -0.3 is 15.4 Å². The summed E-state index contributed by atoms with van der Waals surface area (Å²) in [5.74, 6) is 0.742. The molecule has 4 nitrogen and oxygen atoms in total. The molecule has 5 heteroatoms. The molecular weight excluding hydrogens is 310 g/mol. The Morgan fingerprint density at radius 1 is 1.35 bits per heavy atom. The van der Waals surface area contributed by atoms with E-state index in [-0.39, 0.29) is 12.1 Å². The normalized spacial score (nSPS) is 21.6. The summed E-state index contributed by atoms with van der Waals surface area (Å²) in [6, 6.07) is 6.83. The number of rotatable bonds is 6. The first-order valence-electron chi connectivity index (χ1n) is 8.56. The van der Waals surface area contributed by atoms with Gasteiger partial charge in [-0.3, -0.25) is 4.90 Å². The van der Waals surface area contributed by atoms with Crippen LogP contribution in [-0.2, 0) is 0 Å². The van der Waals surface area contributed by atoms with Crippen molar-refractivity contribution in [3.63, 3.8) is 0 Å². The first-order valence-corrected chi connectivity index (χ1v) is 8.94. The lowest BCUT2D eigenvalue weighted by Gasteiger charge is -2.44. The van der Waals surface area contributed by atoms with Crippen LogP contribution in [0.15, 0.2) is 18.2 Å². The average molecular weight is 340 g/mol. The van der Waals surface area contributed by atoms with Crippen molar-refractivity contribution in [1.82, 2.24) is 9.80 Å². The van der Waals surface area contributed by atoms with E-state index < -0.39 is 0 Å². The van der Waals surface area contributed by atoms with E-state index in [4.69, 9.17) is 22.1 Å². The second-order valence-corrected chi connectivity index (χ2v) is 7.08. The quantitative estimate of drug-likeness (QED) is 0.864. The van der Waals surface area contributed by atoms with Crippen molar-refractivity contribution in [3.05, 3.63) is 28.8 Å². The first kappa shape index (κ1) is 18.5. The van der Waals surface area contributed by atoms with Crippen LogP contribution in [0.5, 0.6) is 5.75 Å². The number of ether oxygens (including phenoxy) is 1. The van der Waals surface area contributed by atoms with Crippen LogP contribution in [0.1, 0.15) is 38.8 Å². The van der Waals surface area contributed by atoms with Crippen LogP contribution in [0.3, 0.4) is 0 Å². The van der Waals surface area contributed by atoms with Gasteiger partial charge >= 0.3 is 0 Å². The van der Waals surface area contributed by atoms with Gasteiger partial charge in [0, 0.05) is 38.3 Å². The van der Waals surface area contributed by atoms with Gasteiger partial charge in [-0.2, -0.15) is 0 Å². The number of nitrogens with two attached hydrogens (primary N) is 1. The van der Waals surface area contributed by atoms with Gasteiger partial charge in [0.25, 0.3) is 0 Å². The lowest BCUT2D eigenvalue weighted by molar-refractivity contribution is 0.0521. The molecular formula is C18H30ClN3O. The maximum absolute atomic E-state index is 6.41. The van der Waals surface area contributed by atoms with E-state index in [9.17, 15) is 0 Å². The minimum atomic E-state index is 0.116. The Morgan fingerprint density at radius 2 is 2.09 bits per heavy atom. The van der Waals surface area contributed by atoms with Crippen LogP contribution < -0.4 is 10.5 Å². The van der Waals surface area contributed by atoms with Crippen LogP contribution in [0, 0.1) is 0 Å². The molecule has 1 aliphatic heterocycles. The molecule has 1 aromatic rings. The molecule has 1 saturated heterocycles. The fourth-order valence-corrected chi connectivity index (χ4v) is 3.57. The fraction of sp³-hybridized carbons (Fsp3) is 0.667. The van der Waals surface area contributed by atoms with Crippen molar-refractivity contribution in [2.24, 2.45) is 5.73 Å². The molecule has 0 saturated carbocycles. The summed E-state index contributed by atoms with van der Waals surface area (Å²) in [6.45, 7) is 10.1. The van der Waals surface area contributed by atoms with Gasteiger partial charge in [-0.05, 0) is 45.0 Å². The maximum atomic E-state index is 6.41. The molecule has 2 rings (SSSR count). The summed E-state index contributed by atoms with van der Waals surface area (Å²) in [6.07, 6.45) is 1.24. The van der Waals surface area contributed by atoms with E-state index >= 15 is 0 Å². The number of hydrogen-bond acceptors (Lipinski definition) is 4. The SMILES string of the molecule is CCC1CN(C)CCN1C(CN)c1ccc(OC(C)C)c(Cl)c1. The molecule has 0 radical (unpaired) electrons. The van der Waals surface area contributed by atoms with Gasteiger partial charge in [-0.1, -0.05) is 24.6 Å². The smallest absolute Gasteiger partial charge is 0.138 e. The predicted octanol–water partition coefficient (Wildman–Crippen LogP) is 3.15. The summed E-state index contributed by atoms with van der Waals surface area (Å²) in [7, 11) is 2.19.